The van der Waals surface area contributed by atoms with Crippen molar-refractivity contribution in [3.05, 3.63) is 15.6 Å². The third-order valence-corrected chi connectivity index (χ3v) is 5.18. The molecule has 0 aromatic carbocycles. The zero-order valence-corrected chi connectivity index (χ0v) is 13.9. The highest BCUT2D eigenvalue weighted by Gasteiger charge is 2.24. The summed E-state index contributed by atoms with van der Waals surface area (Å²) in [5, 5.41) is 5.02. The molecule has 108 valence electrons. The Kier molecular flexibility index (Phi) is 4.67. The van der Waals surface area contributed by atoms with Gasteiger partial charge in [-0.15, -0.1) is 11.3 Å². The number of hydrogen-bond acceptors (Lipinski definition) is 3. The van der Waals surface area contributed by atoms with E-state index >= 15 is 0 Å². The molecule has 1 aliphatic carbocycles. The maximum atomic E-state index is 4.90. The summed E-state index contributed by atoms with van der Waals surface area (Å²) in [7, 11) is 0. The molecule has 0 unspecified atom stereocenters. The van der Waals surface area contributed by atoms with E-state index in [-0.39, 0.29) is 5.41 Å². The van der Waals surface area contributed by atoms with Crippen LogP contribution in [-0.4, -0.2) is 11.0 Å². The highest BCUT2D eigenvalue weighted by Crippen LogP contribution is 2.33. The van der Waals surface area contributed by atoms with Gasteiger partial charge in [0, 0.05) is 28.8 Å². The molecule has 0 radical (unpaired) electrons. The fourth-order valence-electron chi connectivity index (χ4n) is 2.69. The second kappa shape index (κ2) is 5.92. The van der Waals surface area contributed by atoms with Gasteiger partial charge in [-0.05, 0) is 12.8 Å². The zero-order chi connectivity index (χ0) is 14.0. The van der Waals surface area contributed by atoms with Gasteiger partial charge < -0.3 is 5.32 Å². The molecule has 0 atom stereocenters. The lowest BCUT2D eigenvalue weighted by Crippen LogP contribution is -2.26. The first-order valence-electron chi connectivity index (χ1n) is 7.61. The van der Waals surface area contributed by atoms with E-state index in [1.165, 1.54) is 41.3 Å². The first-order valence-corrected chi connectivity index (χ1v) is 8.43. The van der Waals surface area contributed by atoms with Crippen molar-refractivity contribution in [1.29, 1.82) is 0 Å². The van der Waals surface area contributed by atoms with Crippen LogP contribution >= 0.6 is 11.3 Å². The molecule has 0 amide bonds. The first-order chi connectivity index (χ1) is 8.88. The molecule has 1 saturated carbocycles. The third kappa shape index (κ3) is 3.79. The summed E-state index contributed by atoms with van der Waals surface area (Å²) in [6.45, 7) is 12.3. The Morgan fingerprint density at radius 1 is 1.26 bits per heavy atom. The minimum atomic E-state index is 0.149. The van der Waals surface area contributed by atoms with Gasteiger partial charge in [0.2, 0.25) is 0 Å². The van der Waals surface area contributed by atoms with Crippen molar-refractivity contribution >= 4 is 11.3 Å². The molecule has 19 heavy (non-hydrogen) atoms. The lowest BCUT2D eigenvalue weighted by atomic mass is 9.91. The van der Waals surface area contributed by atoms with Gasteiger partial charge >= 0.3 is 0 Å². The summed E-state index contributed by atoms with van der Waals surface area (Å²) in [6.07, 6.45) is 5.48. The second-order valence-electron chi connectivity index (χ2n) is 7.09. The number of rotatable bonds is 4. The fraction of sp³-hybridized carbons (Fsp3) is 0.812. The van der Waals surface area contributed by atoms with Crippen molar-refractivity contribution in [2.24, 2.45) is 0 Å². The minimum Gasteiger partial charge on any atom is -0.309 e. The Morgan fingerprint density at radius 2 is 1.89 bits per heavy atom. The molecule has 1 heterocycles. The van der Waals surface area contributed by atoms with Gasteiger partial charge in [-0.1, -0.05) is 47.5 Å². The highest BCUT2D eigenvalue weighted by molar-refractivity contribution is 7.11. The second-order valence-corrected chi connectivity index (χ2v) is 8.21. The molecule has 0 saturated heterocycles. The van der Waals surface area contributed by atoms with Gasteiger partial charge in [-0.2, -0.15) is 0 Å². The van der Waals surface area contributed by atoms with E-state index in [4.69, 9.17) is 4.98 Å². The quantitative estimate of drug-likeness (QED) is 0.872. The van der Waals surface area contributed by atoms with E-state index in [1.807, 2.05) is 11.3 Å². The Morgan fingerprint density at radius 3 is 2.42 bits per heavy atom. The van der Waals surface area contributed by atoms with E-state index in [0.717, 1.165) is 12.6 Å². The van der Waals surface area contributed by atoms with E-state index in [1.54, 1.807) is 0 Å². The predicted molar refractivity (Wildman–Crippen MR) is 84.0 cm³/mol. The number of nitrogens with zero attached hydrogens (tertiary/aromatic N) is 1. The Hall–Kier alpha value is -0.410. The average Bonchev–Trinajstić information content (AvgIpc) is 2.94. The third-order valence-electron chi connectivity index (χ3n) is 3.82. The minimum absolute atomic E-state index is 0.149. The number of thiazole rings is 1. The predicted octanol–water partition coefficient (Wildman–Crippen LogP) is 4.60. The lowest BCUT2D eigenvalue weighted by molar-refractivity contribution is 0.512. The summed E-state index contributed by atoms with van der Waals surface area (Å²) < 4.78 is 0. The van der Waals surface area contributed by atoms with Gasteiger partial charge in [0.1, 0.15) is 0 Å². The van der Waals surface area contributed by atoms with E-state index in [2.05, 4.69) is 39.9 Å². The van der Waals surface area contributed by atoms with Crippen molar-refractivity contribution in [3.8, 4) is 0 Å². The summed E-state index contributed by atoms with van der Waals surface area (Å²) in [5.41, 5.74) is 1.45. The van der Waals surface area contributed by atoms with Crippen LogP contribution in [-0.2, 0) is 12.0 Å². The maximum absolute atomic E-state index is 4.90. The first kappa shape index (κ1) is 15.0. The van der Waals surface area contributed by atoms with Crippen molar-refractivity contribution in [2.45, 2.75) is 84.2 Å². The van der Waals surface area contributed by atoms with Crippen LogP contribution in [0.5, 0.6) is 0 Å². The lowest BCUT2D eigenvalue weighted by Gasteiger charge is -2.19. The standard InChI is InChI=1S/C16H28N2S/c1-11(2)15-18-14(16(3,4)5)13(19-15)10-17-12-8-6-7-9-12/h11-12,17H,6-10H2,1-5H3. The molecule has 1 N–H and O–H groups in total. The number of nitrogens with one attached hydrogen (secondary N) is 1. The zero-order valence-electron chi connectivity index (χ0n) is 13.0. The van der Waals surface area contributed by atoms with Crippen LogP contribution in [0, 0.1) is 0 Å². The van der Waals surface area contributed by atoms with E-state index in [9.17, 15) is 0 Å². The summed E-state index contributed by atoms with van der Waals surface area (Å²) in [6, 6.07) is 0.734. The van der Waals surface area contributed by atoms with Gasteiger partial charge in [-0.3, -0.25) is 0 Å². The Bertz CT molecular complexity index is 409. The molecule has 2 nitrogen and oxygen atoms in total. The molecule has 3 heteroatoms. The smallest absolute Gasteiger partial charge is 0.0957 e. The summed E-state index contributed by atoms with van der Waals surface area (Å²) in [5.74, 6) is 0.534. The largest absolute Gasteiger partial charge is 0.309 e. The number of aromatic nitrogens is 1. The normalized spacial score (nSPS) is 17.6. The average molecular weight is 280 g/mol. The maximum Gasteiger partial charge on any atom is 0.0957 e. The molecular weight excluding hydrogens is 252 g/mol. The van der Waals surface area contributed by atoms with Crippen molar-refractivity contribution in [2.75, 3.05) is 0 Å². The summed E-state index contributed by atoms with van der Waals surface area (Å²) >= 11 is 1.90. The fourth-order valence-corrected chi connectivity index (χ4v) is 3.92. The van der Waals surface area contributed by atoms with E-state index in [0.29, 0.717) is 5.92 Å². The van der Waals surface area contributed by atoms with Crippen LogP contribution < -0.4 is 5.32 Å². The van der Waals surface area contributed by atoms with Gasteiger partial charge in [0.15, 0.2) is 0 Å². The summed E-state index contributed by atoms with van der Waals surface area (Å²) in [4.78, 5) is 6.35. The van der Waals surface area contributed by atoms with Gasteiger partial charge in [-0.25, -0.2) is 4.98 Å². The molecule has 1 aromatic rings. The SMILES string of the molecule is CC(C)c1nc(C(C)(C)C)c(CNC2CCCC2)s1. The van der Waals surface area contributed by atoms with Gasteiger partial charge in [0.25, 0.3) is 0 Å². The molecule has 0 bridgehead atoms. The van der Waals surface area contributed by atoms with Crippen LogP contribution in [0.15, 0.2) is 0 Å². The van der Waals surface area contributed by atoms with Crippen LogP contribution in [0.25, 0.3) is 0 Å². The van der Waals surface area contributed by atoms with E-state index < -0.39 is 0 Å². The Balaban J connectivity index is 2.12. The van der Waals surface area contributed by atoms with Gasteiger partial charge in [0.05, 0.1) is 10.7 Å². The molecule has 2 rings (SSSR count). The highest BCUT2D eigenvalue weighted by atomic mass is 32.1. The molecule has 0 aliphatic heterocycles. The number of hydrogen-bond donors (Lipinski definition) is 1. The topological polar surface area (TPSA) is 24.9 Å². The molecule has 1 aliphatic rings. The Labute approximate surface area is 122 Å². The molecule has 0 spiro atoms. The monoisotopic (exact) mass is 280 g/mol. The van der Waals surface area contributed by atoms with Crippen molar-refractivity contribution in [3.63, 3.8) is 0 Å². The van der Waals surface area contributed by atoms with Crippen LogP contribution in [0.4, 0.5) is 0 Å². The molecule has 1 fully saturated rings. The van der Waals surface area contributed by atoms with Crippen LogP contribution in [0.3, 0.4) is 0 Å². The van der Waals surface area contributed by atoms with Crippen LogP contribution in [0.1, 0.15) is 81.8 Å². The van der Waals surface area contributed by atoms with Crippen molar-refractivity contribution in [1.82, 2.24) is 10.3 Å². The molecular formula is C16H28N2S. The molecule has 1 aromatic heterocycles. The van der Waals surface area contributed by atoms with Crippen LogP contribution in [0.2, 0.25) is 0 Å². The van der Waals surface area contributed by atoms with Crippen molar-refractivity contribution < 1.29 is 0 Å².